The number of aromatic nitrogens is 3. The van der Waals surface area contributed by atoms with E-state index >= 15 is 0 Å². The molecule has 0 saturated heterocycles. The van der Waals surface area contributed by atoms with Crippen molar-refractivity contribution < 1.29 is 4.21 Å². The molecule has 0 aliphatic carbocycles. The molecule has 114 valence electrons. The predicted octanol–water partition coefficient (Wildman–Crippen LogP) is 3.62. The Morgan fingerprint density at radius 3 is 2.64 bits per heavy atom. The Morgan fingerprint density at radius 1 is 1.23 bits per heavy atom. The monoisotopic (exact) mass is 331 g/mol. The zero-order valence-electron chi connectivity index (χ0n) is 12.7. The largest absolute Gasteiger partial charge is 0.249 e. The second kappa shape index (κ2) is 6.22. The Morgan fingerprint density at radius 2 is 1.95 bits per heavy atom. The third-order valence-corrected chi connectivity index (χ3v) is 5.67. The van der Waals surface area contributed by atoms with E-state index in [1.165, 1.54) is 0 Å². The minimum absolute atomic E-state index is 0.690. The zero-order valence-corrected chi connectivity index (χ0v) is 14.4. The number of fused-ring (bicyclic) bond motifs is 1. The summed E-state index contributed by atoms with van der Waals surface area (Å²) >= 11 is 1.60. The van der Waals surface area contributed by atoms with Gasteiger partial charge in [0.05, 0.1) is 10.8 Å². The highest BCUT2D eigenvalue weighted by Crippen LogP contribution is 2.31. The van der Waals surface area contributed by atoms with Crippen molar-refractivity contribution in [3.63, 3.8) is 0 Å². The van der Waals surface area contributed by atoms with Crippen molar-refractivity contribution in [2.45, 2.75) is 35.6 Å². The van der Waals surface area contributed by atoms with Crippen LogP contribution in [0.1, 0.15) is 18.3 Å². The van der Waals surface area contributed by atoms with E-state index in [1.54, 1.807) is 16.3 Å². The van der Waals surface area contributed by atoms with E-state index in [4.69, 9.17) is 0 Å². The van der Waals surface area contributed by atoms with E-state index in [0.29, 0.717) is 10.5 Å². The fraction of sp³-hybridized carbons (Fsp3) is 0.250. The highest BCUT2D eigenvalue weighted by Gasteiger charge is 2.22. The average Bonchev–Trinajstić information content (AvgIpc) is 2.86. The van der Waals surface area contributed by atoms with Crippen LogP contribution in [-0.2, 0) is 10.8 Å². The van der Waals surface area contributed by atoms with Crippen LogP contribution < -0.4 is 0 Å². The molecule has 2 heterocycles. The molecule has 6 heteroatoms. The first kappa shape index (κ1) is 15.2. The second-order valence-electron chi connectivity index (χ2n) is 4.92. The van der Waals surface area contributed by atoms with Crippen molar-refractivity contribution in [1.29, 1.82) is 0 Å². The highest BCUT2D eigenvalue weighted by molar-refractivity contribution is 7.99. The van der Waals surface area contributed by atoms with Gasteiger partial charge in [0.1, 0.15) is 9.92 Å². The van der Waals surface area contributed by atoms with E-state index in [9.17, 15) is 4.21 Å². The lowest BCUT2D eigenvalue weighted by Gasteiger charge is -2.03. The molecule has 0 saturated carbocycles. The molecule has 0 aliphatic rings. The van der Waals surface area contributed by atoms with Gasteiger partial charge in [-0.2, -0.15) is 5.10 Å². The molecular formula is C16H17N3OS2. The van der Waals surface area contributed by atoms with Gasteiger partial charge in [-0.25, -0.2) is 13.7 Å². The third-order valence-electron chi connectivity index (χ3n) is 3.25. The Kier molecular flexibility index (Phi) is 4.31. The molecule has 0 aliphatic heterocycles. The molecule has 0 radical (unpaired) electrons. The van der Waals surface area contributed by atoms with Crippen molar-refractivity contribution >= 4 is 28.2 Å². The molecule has 2 aromatic heterocycles. The van der Waals surface area contributed by atoms with E-state index in [-0.39, 0.29) is 0 Å². The molecule has 0 N–H and O–H groups in total. The summed E-state index contributed by atoms with van der Waals surface area (Å²) in [6, 6.07) is 11.5. The van der Waals surface area contributed by atoms with Crippen LogP contribution in [-0.4, -0.2) is 24.6 Å². The third kappa shape index (κ3) is 2.68. The van der Waals surface area contributed by atoms with Crippen LogP contribution in [0.3, 0.4) is 0 Å². The summed E-state index contributed by atoms with van der Waals surface area (Å²) in [5.74, 6) is 0.876. The van der Waals surface area contributed by atoms with Crippen LogP contribution in [0, 0.1) is 13.8 Å². The lowest BCUT2D eigenvalue weighted by molar-refractivity contribution is 0.682. The molecule has 0 amide bonds. The van der Waals surface area contributed by atoms with Gasteiger partial charge in [-0.15, -0.1) is 11.8 Å². The van der Waals surface area contributed by atoms with Crippen LogP contribution >= 0.6 is 11.8 Å². The number of aryl methyl sites for hydroxylation is 2. The molecule has 0 fully saturated rings. The average molecular weight is 331 g/mol. The number of hydrogen-bond donors (Lipinski definition) is 0. The maximum atomic E-state index is 13.0. The summed E-state index contributed by atoms with van der Waals surface area (Å²) in [4.78, 5) is 6.07. The fourth-order valence-electron chi connectivity index (χ4n) is 2.34. The van der Waals surface area contributed by atoms with Crippen LogP contribution in [0.15, 0.2) is 51.2 Å². The molecule has 22 heavy (non-hydrogen) atoms. The van der Waals surface area contributed by atoms with Crippen molar-refractivity contribution in [1.82, 2.24) is 14.6 Å². The normalized spacial score (nSPS) is 12.7. The first-order valence-corrected chi connectivity index (χ1v) is 9.22. The van der Waals surface area contributed by atoms with E-state index in [1.807, 2.05) is 50.2 Å². The van der Waals surface area contributed by atoms with Gasteiger partial charge in [-0.05, 0) is 37.8 Å². The Bertz CT molecular complexity index is 843. The standard InChI is InChI=1S/C16H17N3OS2/c1-4-21-16-14(22(20)13-8-6-5-7-9-13)15-17-11(2)10-12(3)19(15)18-16/h5-10H,4H2,1-3H3. The Hall–Kier alpha value is -1.66. The second-order valence-corrected chi connectivity index (χ2v) is 7.59. The molecule has 3 aromatic rings. The van der Waals surface area contributed by atoms with Crippen molar-refractivity contribution in [2.24, 2.45) is 0 Å². The van der Waals surface area contributed by atoms with Crippen molar-refractivity contribution in [3.8, 4) is 0 Å². The SMILES string of the molecule is CCSc1nn2c(C)cc(C)nc2c1S(=O)c1ccccc1. The number of rotatable bonds is 4. The molecule has 0 bridgehead atoms. The summed E-state index contributed by atoms with van der Waals surface area (Å²) in [5, 5.41) is 5.41. The summed E-state index contributed by atoms with van der Waals surface area (Å²) in [6.45, 7) is 6.00. The first-order valence-electron chi connectivity index (χ1n) is 7.08. The number of hydrogen-bond acceptors (Lipinski definition) is 4. The molecule has 1 unspecified atom stereocenters. The van der Waals surface area contributed by atoms with Crippen LogP contribution in [0.5, 0.6) is 0 Å². The fourth-order valence-corrected chi connectivity index (χ4v) is 4.51. The topological polar surface area (TPSA) is 47.3 Å². The van der Waals surface area contributed by atoms with E-state index < -0.39 is 10.8 Å². The van der Waals surface area contributed by atoms with Crippen LogP contribution in [0.25, 0.3) is 5.65 Å². The lowest BCUT2D eigenvalue weighted by atomic mass is 10.3. The molecule has 4 nitrogen and oxygen atoms in total. The van der Waals surface area contributed by atoms with Gasteiger partial charge in [0, 0.05) is 16.3 Å². The number of thioether (sulfide) groups is 1. The molecular weight excluding hydrogens is 314 g/mol. The van der Waals surface area contributed by atoms with Gasteiger partial charge in [-0.1, -0.05) is 25.1 Å². The Balaban J connectivity index is 2.26. The maximum Gasteiger partial charge on any atom is 0.173 e. The summed E-state index contributed by atoms with van der Waals surface area (Å²) in [7, 11) is -1.29. The summed E-state index contributed by atoms with van der Waals surface area (Å²) < 4.78 is 14.8. The highest BCUT2D eigenvalue weighted by atomic mass is 32.2. The van der Waals surface area contributed by atoms with Gasteiger partial charge in [0.15, 0.2) is 5.65 Å². The van der Waals surface area contributed by atoms with Crippen LogP contribution in [0.2, 0.25) is 0 Å². The van der Waals surface area contributed by atoms with Gasteiger partial charge in [0.2, 0.25) is 0 Å². The van der Waals surface area contributed by atoms with Gasteiger partial charge in [-0.3, -0.25) is 0 Å². The molecule has 1 aromatic carbocycles. The minimum atomic E-state index is -1.29. The number of nitrogens with zero attached hydrogens (tertiary/aromatic N) is 3. The summed E-state index contributed by atoms with van der Waals surface area (Å²) in [5.41, 5.74) is 2.59. The van der Waals surface area contributed by atoms with E-state index in [2.05, 4.69) is 17.0 Å². The quantitative estimate of drug-likeness (QED) is 0.685. The lowest BCUT2D eigenvalue weighted by Crippen LogP contribution is -1.99. The minimum Gasteiger partial charge on any atom is -0.249 e. The van der Waals surface area contributed by atoms with Crippen LogP contribution in [0.4, 0.5) is 0 Å². The maximum absolute atomic E-state index is 13.0. The zero-order chi connectivity index (χ0) is 15.7. The number of benzene rings is 1. The van der Waals surface area contributed by atoms with Gasteiger partial charge < -0.3 is 0 Å². The van der Waals surface area contributed by atoms with Gasteiger partial charge in [0.25, 0.3) is 0 Å². The van der Waals surface area contributed by atoms with Crippen molar-refractivity contribution in [3.05, 3.63) is 47.8 Å². The Labute approximate surface area is 136 Å². The predicted molar refractivity (Wildman–Crippen MR) is 90.0 cm³/mol. The molecule has 1 atom stereocenters. The van der Waals surface area contributed by atoms with E-state index in [0.717, 1.165) is 27.1 Å². The first-order chi connectivity index (χ1) is 10.6. The molecule has 0 spiro atoms. The van der Waals surface area contributed by atoms with Crippen molar-refractivity contribution in [2.75, 3.05) is 5.75 Å². The van der Waals surface area contributed by atoms with Gasteiger partial charge >= 0.3 is 0 Å². The smallest absolute Gasteiger partial charge is 0.173 e. The summed E-state index contributed by atoms with van der Waals surface area (Å²) in [6.07, 6.45) is 0. The molecule has 3 rings (SSSR count).